The van der Waals surface area contributed by atoms with Gasteiger partial charge in [-0.2, -0.15) is 5.26 Å². The summed E-state index contributed by atoms with van der Waals surface area (Å²) < 4.78 is 2.18. The minimum absolute atomic E-state index is 0.0634. The molecule has 0 saturated carbocycles. The summed E-state index contributed by atoms with van der Waals surface area (Å²) in [5, 5.41) is 21.0. The van der Waals surface area contributed by atoms with Crippen molar-refractivity contribution in [1.82, 2.24) is 4.40 Å². The monoisotopic (exact) mass is 517 g/mol. The van der Waals surface area contributed by atoms with Crippen LogP contribution in [0.15, 0.2) is 91.1 Å². The summed E-state index contributed by atoms with van der Waals surface area (Å²) in [4.78, 5) is 10.8. The Hall–Kier alpha value is -6.40. The average Bonchev–Trinajstić information content (AvgIpc) is 3.42. The fourth-order valence-electron chi connectivity index (χ4n) is 6.59. The Balaban J connectivity index is 1.81. The van der Waals surface area contributed by atoms with Crippen molar-refractivity contribution in [3.63, 3.8) is 0 Å². The zero-order chi connectivity index (χ0) is 27.8. The Bertz CT molecular complexity index is 2680. The Morgan fingerprint density at radius 1 is 0.561 bits per heavy atom. The van der Waals surface area contributed by atoms with Gasteiger partial charge in [0.1, 0.15) is 0 Å². The Labute approximate surface area is 233 Å². The van der Waals surface area contributed by atoms with Gasteiger partial charge in [-0.25, -0.2) is 0 Å². The molecule has 8 rings (SSSR count). The van der Waals surface area contributed by atoms with Gasteiger partial charge in [0.25, 0.3) is 0 Å². The highest BCUT2D eigenvalue weighted by Gasteiger charge is 2.23. The molecule has 184 valence electrons. The number of aromatic nitrogens is 1. The number of fused-ring (bicyclic) bond motifs is 14. The maximum atomic E-state index is 10.2. The Morgan fingerprint density at radius 3 is 1.78 bits per heavy atom. The van der Waals surface area contributed by atoms with Crippen molar-refractivity contribution in [2.75, 3.05) is 0 Å². The van der Waals surface area contributed by atoms with E-state index in [4.69, 9.17) is 19.7 Å². The van der Waals surface area contributed by atoms with E-state index in [-0.39, 0.29) is 22.6 Å². The van der Waals surface area contributed by atoms with Gasteiger partial charge in [-0.05, 0) is 38.4 Å². The normalized spacial score (nSPS) is 11.3. The van der Waals surface area contributed by atoms with E-state index in [9.17, 15) is 5.26 Å². The lowest BCUT2D eigenvalue weighted by Crippen LogP contribution is -1.94. The minimum Gasteiger partial charge on any atom is -0.315 e. The molecule has 0 saturated heterocycles. The topological polar surface area (TPSA) is 41.3 Å². The quantitative estimate of drug-likeness (QED) is 0.112. The Morgan fingerprint density at radius 2 is 1.15 bits per heavy atom. The van der Waals surface area contributed by atoms with Crippen LogP contribution >= 0.6 is 0 Å². The molecule has 0 aliphatic rings. The van der Waals surface area contributed by atoms with Gasteiger partial charge in [0.15, 0.2) is 5.69 Å². The van der Waals surface area contributed by atoms with Crippen LogP contribution in [0.2, 0.25) is 0 Å². The highest BCUT2D eigenvalue weighted by atomic mass is 14.9. The van der Waals surface area contributed by atoms with E-state index < -0.39 is 0 Å². The summed E-state index contributed by atoms with van der Waals surface area (Å²) >= 11 is 0. The first-order chi connectivity index (χ1) is 20.2. The molecule has 0 atom stereocenters. The highest BCUT2D eigenvalue weighted by molar-refractivity contribution is 6.37. The number of nitriles is 1. The van der Waals surface area contributed by atoms with E-state index in [1.807, 2.05) is 36.4 Å². The van der Waals surface area contributed by atoms with Crippen LogP contribution in [0, 0.1) is 31.0 Å². The van der Waals surface area contributed by atoms with Crippen LogP contribution in [0.5, 0.6) is 0 Å². The van der Waals surface area contributed by atoms with Crippen LogP contribution in [0.4, 0.5) is 17.1 Å². The molecule has 0 spiro atoms. The molecule has 41 heavy (non-hydrogen) atoms. The smallest absolute Gasteiger partial charge is 0.202 e. The molecule has 5 heteroatoms. The molecular formula is C36H15N5. The van der Waals surface area contributed by atoms with Crippen molar-refractivity contribution >= 4 is 87.3 Å². The van der Waals surface area contributed by atoms with E-state index in [2.05, 4.69) is 79.7 Å². The molecular weight excluding hydrogens is 502 g/mol. The van der Waals surface area contributed by atoms with Crippen LogP contribution in [-0.2, 0) is 0 Å². The highest BCUT2D eigenvalue weighted by Crippen LogP contribution is 2.50. The molecule has 6 aromatic carbocycles. The van der Waals surface area contributed by atoms with Crippen LogP contribution in [0.25, 0.3) is 84.8 Å². The largest absolute Gasteiger partial charge is 0.315 e. The standard InChI is InChI=1S/C36H15N5/c1-38-33-27-16-28-30(17-26(27)29(18-37)34(39-2)35(33)40-3)41-19-20-10-4-5-11-21(20)36(41)32-25-15-9-7-13-23(25)22-12-6-8-14-24(22)31(28)32/h4-17,19H. The second-order valence-electron chi connectivity index (χ2n) is 10.1. The van der Waals surface area contributed by atoms with Crippen molar-refractivity contribution in [1.29, 1.82) is 5.26 Å². The van der Waals surface area contributed by atoms with Gasteiger partial charge in [0.2, 0.25) is 11.4 Å². The lowest BCUT2D eigenvalue weighted by Gasteiger charge is -2.17. The van der Waals surface area contributed by atoms with E-state index in [0.29, 0.717) is 10.8 Å². The van der Waals surface area contributed by atoms with Gasteiger partial charge in [-0.15, -0.1) is 0 Å². The zero-order valence-corrected chi connectivity index (χ0v) is 21.4. The van der Waals surface area contributed by atoms with Crippen LogP contribution in [-0.4, -0.2) is 4.40 Å². The van der Waals surface area contributed by atoms with E-state index in [1.54, 1.807) is 0 Å². The lowest BCUT2D eigenvalue weighted by atomic mass is 9.90. The molecule has 5 nitrogen and oxygen atoms in total. The van der Waals surface area contributed by atoms with Gasteiger partial charge in [0.05, 0.1) is 42.4 Å². The predicted octanol–water partition coefficient (Wildman–Crippen LogP) is 10.4. The van der Waals surface area contributed by atoms with Gasteiger partial charge < -0.3 is 4.40 Å². The number of nitrogens with zero attached hydrogens (tertiary/aromatic N) is 5. The molecule has 0 amide bonds. The van der Waals surface area contributed by atoms with Gasteiger partial charge >= 0.3 is 0 Å². The zero-order valence-electron chi connectivity index (χ0n) is 21.4. The minimum atomic E-state index is -0.0641. The summed E-state index contributed by atoms with van der Waals surface area (Å²) in [5.41, 5.74) is 2.05. The maximum absolute atomic E-state index is 10.2. The van der Waals surface area contributed by atoms with Crippen molar-refractivity contribution in [3.05, 3.63) is 131 Å². The van der Waals surface area contributed by atoms with Crippen molar-refractivity contribution in [3.8, 4) is 6.07 Å². The lowest BCUT2D eigenvalue weighted by molar-refractivity contribution is 1.30. The third-order valence-corrected chi connectivity index (χ3v) is 8.22. The number of pyridine rings is 1. The van der Waals surface area contributed by atoms with E-state index in [0.717, 1.165) is 59.5 Å². The van der Waals surface area contributed by atoms with E-state index >= 15 is 0 Å². The SMILES string of the molecule is [C-]#[N+]c1c([N+]#[C-])c([N+]#[C-])c2cc3c4c5ccccc5c5ccccc5c4c4c5ccccc5cn4c3cc2c1C#N. The summed E-state index contributed by atoms with van der Waals surface area (Å²) in [5.74, 6) is 0. The van der Waals surface area contributed by atoms with Crippen molar-refractivity contribution in [2.45, 2.75) is 0 Å². The predicted molar refractivity (Wildman–Crippen MR) is 166 cm³/mol. The number of hydrogen-bond acceptors (Lipinski definition) is 1. The van der Waals surface area contributed by atoms with Gasteiger partial charge in [0, 0.05) is 33.1 Å². The summed E-state index contributed by atoms with van der Waals surface area (Å²) in [6.07, 6.45) is 2.12. The van der Waals surface area contributed by atoms with E-state index in [1.165, 1.54) is 0 Å². The summed E-state index contributed by atoms with van der Waals surface area (Å²) in [7, 11) is 0. The summed E-state index contributed by atoms with van der Waals surface area (Å²) in [6, 6.07) is 31.2. The average molecular weight is 518 g/mol. The summed E-state index contributed by atoms with van der Waals surface area (Å²) in [6.45, 7) is 23.5. The number of rotatable bonds is 0. The molecule has 2 heterocycles. The second kappa shape index (κ2) is 8.05. The maximum Gasteiger partial charge on any atom is 0.202 e. The third kappa shape index (κ3) is 2.74. The second-order valence-corrected chi connectivity index (χ2v) is 10.1. The van der Waals surface area contributed by atoms with Crippen LogP contribution < -0.4 is 0 Å². The fraction of sp³-hybridized carbons (Fsp3) is 0. The van der Waals surface area contributed by atoms with Gasteiger partial charge in [-0.1, -0.05) is 78.9 Å². The number of hydrogen-bond donors (Lipinski definition) is 0. The van der Waals surface area contributed by atoms with Gasteiger partial charge in [-0.3, -0.25) is 14.5 Å². The molecule has 0 radical (unpaired) electrons. The van der Waals surface area contributed by atoms with Crippen molar-refractivity contribution < 1.29 is 0 Å². The third-order valence-electron chi connectivity index (χ3n) is 8.22. The first-order valence-corrected chi connectivity index (χ1v) is 12.9. The Kier molecular flexibility index (Phi) is 4.43. The fourth-order valence-corrected chi connectivity index (χ4v) is 6.59. The first kappa shape index (κ1) is 22.6. The van der Waals surface area contributed by atoms with Crippen LogP contribution in [0.1, 0.15) is 5.56 Å². The molecule has 0 aliphatic heterocycles. The molecule has 0 unspecified atom stereocenters. The number of benzene rings is 6. The molecule has 0 N–H and O–H groups in total. The first-order valence-electron chi connectivity index (χ1n) is 12.9. The molecule has 2 aromatic heterocycles. The molecule has 0 fully saturated rings. The molecule has 0 aliphatic carbocycles. The molecule has 0 bridgehead atoms. The van der Waals surface area contributed by atoms with Crippen LogP contribution in [0.3, 0.4) is 0 Å². The van der Waals surface area contributed by atoms with Crippen molar-refractivity contribution in [2.24, 2.45) is 0 Å². The molecule has 8 aromatic rings.